The molecular weight excluding hydrogens is 422 g/mol. The number of amides is 1. The fraction of sp³-hybridized carbons (Fsp3) is 0.167. The van der Waals surface area contributed by atoms with Crippen molar-refractivity contribution in [1.82, 2.24) is 19.7 Å². The molecule has 1 N–H and O–H groups in total. The molecule has 0 fully saturated rings. The molecule has 0 saturated heterocycles. The lowest BCUT2D eigenvalue weighted by molar-refractivity contribution is -0.113. The fourth-order valence-electron chi connectivity index (χ4n) is 3.31. The van der Waals surface area contributed by atoms with Crippen LogP contribution in [-0.4, -0.2) is 38.5 Å². The van der Waals surface area contributed by atoms with Crippen molar-refractivity contribution in [3.05, 3.63) is 78.0 Å². The number of aryl methyl sites for hydroxylation is 2. The highest BCUT2D eigenvalue weighted by molar-refractivity contribution is 7.99. The summed E-state index contributed by atoms with van der Waals surface area (Å²) < 4.78 is 7.18. The summed E-state index contributed by atoms with van der Waals surface area (Å²) in [6.45, 7) is 3.96. The van der Waals surface area contributed by atoms with Crippen LogP contribution in [0.1, 0.15) is 11.1 Å². The van der Waals surface area contributed by atoms with Gasteiger partial charge in [0, 0.05) is 11.9 Å². The first-order valence-corrected chi connectivity index (χ1v) is 11.1. The summed E-state index contributed by atoms with van der Waals surface area (Å²) in [7, 11) is 1.63. The van der Waals surface area contributed by atoms with Crippen molar-refractivity contribution >= 4 is 23.4 Å². The molecule has 2 aromatic heterocycles. The number of carbonyl (C=O) groups excluding carboxylic acids is 1. The van der Waals surface area contributed by atoms with Gasteiger partial charge in [0.2, 0.25) is 5.91 Å². The average molecular weight is 446 g/mol. The Morgan fingerprint density at radius 2 is 1.75 bits per heavy atom. The maximum Gasteiger partial charge on any atom is 0.234 e. The molecule has 2 heterocycles. The van der Waals surface area contributed by atoms with E-state index in [2.05, 4.69) is 20.5 Å². The predicted molar refractivity (Wildman–Crippen MR) is 126 cm³/mol. The number of pyridine rings is 1. The van der Waals surface area contributed by atoms with Gasteiger partial charge in [-0.15, -0.1) is 10.2 Å². The van der Waals surface area contributed by atoms with E-state index in [9.17, 15) is 4.79 Å². The molecule has 1 amide bonds. The molecule has 0 aliphatic carbocycles. The zero-order chi connectivity index (χ0) is 22.5. The molecule has 32 heavy (non-hydrogen) atoms. The van der Waals surface area contributed by atoms with Crippen molar-refractivity contribution in [2.24, 2.45) is 0 Å². The Balaban J connectivity index is 1.61. The number of hydrogen-bond acceptors (Lipinski definition) is 6. The maximum atomic E-state index is 12.7. The monoisotopic (exact) mass is 445 g/mol. The van der Waals surface area contributed by atoms with E-state index < -0.39 is 0 Å². The number of para-hydroxylation sites is 1. The van der Waals surface area contributed by atoms with Crippen molar-refractivity contribution < 1.29 is 9.53 Å². The first kappa shape index (κ1) is 21.6. The Kier molecular flexibility index (Phi) is 6.51. The highest BCUT2D eigenvalue weighted by Crippen LogP contribution is 2.28. The Morgan fingerprint density at radius 3 is 2.41 bits per heavy atom. The van der Waals surface area contributed by atoms with E-state index in [4.69, 9.17) is 4.74 Å². The van der Waals surface area contributed by atoms with Gasteiger partial charge in [-0.05, 0) is 61.4 Å². The Morgan fingerprint density at radius 1 is 1.00 bits per heavy atom. The normalized spacial score (nSPS) is 10.7. The van der Waals surface area contributed by atoms with E-state index in [-0.39, 0.29) is 11.7 Å². The molecule has 4 rings (SSSR count). The molecule has 0 radical (unpaired) electrons. The number of nitrogens with zero attached hydrogens (tertiary/aromatic N) is 4. The first-order chi connectivity index (χ1) is 15.6. The molecule has 0 unspecified atom stereocenters. The molecule has 0 spiro atoms. The van der Waals surface area contributed by atoms with E-state index in [0.29, 0.717) is 16.7 Å². The van der Waals surface area contributed by atoms with Gasteiger partial charge < -0.3 is 10.1 Å². The van der Waals surface area contributed by atoms with Crippen LogP contribution in [0.25, 0.3) is 17.2 Å². The smallest absolute Gasteiger partial charge is 0.234 e. The van der Waals surface area contributed by atoms with Crippen LogP contribution in [0, 0.1) is 13.8 Å². The summed E-state index contributed by atoms with van der Waals surface area (Å²) in [5.41, 5.74) is 4.46. The zero-order valence-corrected chi connectivity index (χ0v) is 18.9. The number of hydrogen-bond donors (Lipinski definition) is 1. The van der Waals surface area contributed by atoms with Gasteiger partial charge in [0.05, 0.1) is 18.6 Å². The molecule has 0 aliphatic heterocycles. The Bertz CT molecular complexity index is 1200. The third-order valence-electron chi connectivity index (χ3n) is 4.94. The van der Waals surface area contributed by atoms with Gasteiger partial charge in [-0.1, -0.05) is 36.0 Å². The Hall–Kier alpha value is -3.65. The van der Waals surface area contributed by atoms with Crippen LogP contribution in [-0.2, 0) is 4.79 Å². The van der Waals surface area contributed by atoms with Crippen LogP contribution in [0.5, 0.6) is 5.75 Å². The highest BCUT2D eigenvalue weighted by atomic mass is 32.2. The number of ether oxygens (including phenoxy) is 1. The molecule has 2 aromatic carbocycles. The molecule has 8 heteroatoms. The van der Waals surface area contributed by atoms with E-state index in [1.807, 2.05) is 79.1 Å². The van der Waals surface area contributed by atoms with Crippen molar-refractivity contribution in [2.75, 3.05) is 18.2 Å². The van der Waals surface area contributed by atoms with Crippen LogP contribution in [0.4, 0.5) is 5.69 Å². The number of aromatic nitrogens is 4. The van der Waals surface area contributed by atoms with Gasteiger partial charge >= 0.3 is 0 Å². The van der Waals surface area contributed by atoms with Gasteiger partial charge in [-0.25, -0.2) is 0 Å². The topological polar surface area (TPSA) is 81.9 Å². The van der Waals surface area contributed by atoms with Gasteiger partial charge in [0.15, 0.2) is 11.0 Å². The second kappa shape index (κ2) is 9.65. The molecular formula is C24H23N5O2S. The third kappa shape index (κ3) is 4.65. The van der Waals surface area contributed by atoms with Gasteiger partial charge in [0.25, 0.3) is 0 Å². The fourth-order valence-corrected chi connectivity index (χ4v) is 4.06. The second-order valence-electron chi connectivity index (χ2n) is 7.16. The summed E-state index contributed by atoms with van der Waals surface area (Å²) >= 11 is 1.32. The van der Waals surface area contributed by atoms with Crippen molar-refractivity contribution in [1.29, 1.82) is 0 Å². The quantitative estimate of drug-likeness (QED) is 0.416. The lowest BCUT2D eigenvalue weighted by Gasteiger charge is -2.12. The van der Waals surface area contributed by atoms with E-state index in [1.54, 1.807) is 13.3 Å². The summed E-state index contributed by atoms with van der Waals surface area (Å²) in [5.74, 6) is 1.46. The number of carbonyl (C=O) groups is 1. The molecule has 0 aliphatic rings. The molecule has 0 bridgehead atoms. The zero-order valence-electron chi connectivity index (χ0n) is 18.1. The number of benzene rings is 2. The minimum absolute atomic E-state index is 0.101. The van der Waals surface area contributed by atoms with Crippen molar-refractivity contribution in [2.45, 2.75) is 19.0 Å². The number of methoxy groups -OCH3 is 1. The highest BCUT2D eigenvalue weighted by Gasteiger charge is 2.18. The number of anilines is 1. The van der Waals surface area contributed by atoms with Gasteiger partial charge in [0.1, 0.15) is 11.4 Å². The number of nitrogens with one attached hydrogen (secondary N) is 1. The predicted octanol–water partition coefficient (Wildman–Crippen LogP) is 4.69. The lowest BCUT2D eigenvalue weighted by atomic mass is 10.1. The number of thioether (sulfide) groups is 1. The Labute approximate surface area is 190 Å². The lowest BCUT2D eigenvalue weighted by Crippen LogP contribution is -2.16. The van der Waals surface area contributed by atoms with Gasteiger partial charge in [-0.2, -0.15) is 0 Å². The van der Waals surface area contributed by atoms with Crippen molar-refractivity contribution in [3.63, 3.8) is 0 Å². The van der Waals surface area contributed by atoms with Crippen LogP contribution in [0.15, 0.2) is 72.0 Å². The molecule has 4 aromatic rings. The van der Waals surface area contributed by atoms with Crippen LogP contribution >= 0.6 is 11.8 Å². The standard InChI is InChI=1S/C24H23N5O2S/c1-16-7-6-8-17(2)22(16)26-21(30)15-32-24-28-27-23(20-9-4-5-14-25-20)29(24)18-10-12-19(31-3)13-11-18/h4-14H,15H2,1-3H3,(H,26,30). The molecule has 0 atom stereocenters. The minimum atomic E-state index is -0.101. The molecule has 7 nitrogen and oxygen atoms in total. The minimum Gasteiger partial charge on any atom is -0.497 e. The van der Waals surface area contributed by atoms with E-state index >= 15 is 0 Å². The summed E-state index contributed by atoms with van der Waals surface area (Å²) in [4.78, 5) is 17.1. The van der Waals surface area contributed by atoms with Gasteiger partial charge in [-0.3, -0.25) is 14.3 Å². The average Bonchev–Trinajstić information content (AvgIpc) is 3.25. The summed E-state index contributed by atoms with van der Waals surface area (Å²) in [6.07, 6.45) is 1.72. The number of rotatable bonds is 7. The summed E-state index contributed by atoms with van der Waals surface area (Å²) in [6, 6.07) is 19.2. The molecule has 0 saturated carbocycles. The summed E-state index contributed by atoms with van der Waals surface area (Å²) in [5, 5.41) is 12.3. The second-order valence-corrected chi connectivity index (χ2v) is 8.10. The van der Waals surface area contributed by atoms with Crippen molar-refractivity contribution in [3.8, 4) is 23.0 Å². The third-order valence-corrected chi connectivity index (χ3v) is 5.86. The first-order valence-electron chi connectivity index (χ1n) is 10.1. The van der Waals surface area contributed by atoms with E-state index in [1.165, 1.54) is 11.8 Å². The molecule has 162 valence electrons. The van der Waals surface area contributed by atoms with Crippen LogP contribution in [0.3, 0.4) is 0 Å². The van der Waals surface area contributed by atoms with Crippen LogP contribution < -0.4 is 10.1 Å². The van der Waals surface area contributed by atoms with Crippen LogP contribution in [0.2, 0.25) is 0 Å². The van der Waals surface area contributed by atoms with E-state index in [0.717, 1.165) is 28.3 Å². The maximum absolute atomic E-state index is 12.7. The SMILES string of the molecule is COc1ccc(-n2c(SCC(=O)Nc3c(C)cccc3C)nnc2-c2ccccn2)cc1. The largest absolute Gasteiger partial charge is 0.497 e.